The summed E-state index contributed by atoms with van der Waals surface area (Å²) in [7, 11) is 0. The molecule has 0 spiro atoms. The van der Waals surface area contributed by atoms with E-state index in [0.717, 1.165) is 5.75 Å². The van der Waals surface area contributed by atoms with E-state index >= 15 is 0 Å². The van der Waals surface area contributed by atoms with Crippen LogP contribution in [-0.4, -0.2) is 20.8 Å². The number of anilines is 2. The number of nitrogens with one attached hydrogen (secondary N) is 1. The van der Waals surface area contributed by atoms with Gasteiger partial charge in [0.1, 0.15) is 5.82 Å². The Balaban J connectivity index is 1.98. The van der Waals surface area contributed by atoms with E-state index in [2.05, 4.69) is 15.3 Å². The smallest absolute Gasteiger partial charge is 0.311 e. The van der Waals surface area contributed by atoms with Crippen molar-refractivity contribution >= 4 is 34.1 Å². The Labute approximate surface area is 147 Å². The van der Waals surface area contributed by atoms with Crippen LogP contribution in [0.5, 0.6) is 0 Å². The summed E-state index contributed by atoms with van der Waals surface area (Å²) in [5.41, 5.74) is 5.76. The molecule has 2 heterocycles. The highest BCUT2D eigenvalue weighted by molar-refractivity contribution is 8.13. The van der Waals surface area contributed by atoms with Crippen LogP contribution in [0.15, 0.2) is 41.5 Å². The third-order valence-corrected chi connectivity index (χ3v) is 4.78. The van der Waals surface area contributed by atoms with Crippen LogP contribution in [0.3, 0.4) is 0 Å². The highest BCUT2D eigenvalue weighted by atomic mass is 32.2. The Morgan fingerprint density at radius 1 is 1.44 bits per heavy atom. The zero-order chi connectivity index (χ0) is 18.0. The molecule has 0 aliphatic carbocycles. The molecule has 0 saturated carbocycles. The van der Waals surface area contributed by atoms with Crippen molar-refractivity contribution < 1.29 is 9.31 Å². The molecule has 0 amide bonds. The van der Waals surface area contributed by atoms with Gasteiger partial charge in [0.25, 0.3) is 0 Å². The number of nitrogens with zero attached hydrogens (tertiary/aromatic N) is 3. The van der Waals surface area contributed by atoms with Gasteiger partial charge in [-0.1, -0.05) is 11.8 Å². The number of amidine groups is 1. The number of nitro groups is 1. The maximum absolute atomic E-state index is 14.4. The minimum absolute atomic E-state index is 0.0948. The average Bonchev–Trinajstić information content (AvgIpc) is 2.56. The molecule has 3 rings (SSSR count). The van der Waals surface area contributed by atoms with Crippen molar-refractivity contribution in [3.05, 3.63) is 58.0 Å². The molecule has 1 aliphatic rings. The van der Waals surface area contributed by atoms with Gasteiger partial charge in [0.05, 0.1) is 10.5 Å². The first-order valence-corrected chi connectivity index (χ1v) is 8.52. The minimum Gasteiger partial charge on any atom is -0.379 e. The van der Waals surface area contributed by atoms with Gasteiger partial charge < -0.3 is 11.1 Å². The lowest BCUT2D eigenvalue weighted by Crippen LogP contribution is -2.29. The van der Waals surface area contributed by atoms with Crippen LogP contribution in [0.2, 0.25) is 0 Å². The van der Waals surface area contributed by atoms with E-state index in [0.29, 0.717) is 22.8 Å². The number of nitrogens with two attached hydrogens (primary N) is 1. The number of benzene rings is 1. The molecule has 0 radical (unpaired) electrons. The van der Waals surface area contributed by atoms with E-state index in [1.54, 1.807) is 6.07 Å². The van der Waals surface area contributed by atoms with Crippen molar-refractivity contribution in [3.63, 3.8) is 0 Å². The van der Waals surface area contributed by atoms with E-state index in [4.69, 9.17) is 5.73 Å². The van der Waals surface area contributed by atoms with Crippen LogP contribution in [0.1, 0.15) is 18.9 Å². The molecule has 2 aromatic rings. The monoisotopic (exact) mass is 361 g/mol. The summed E-state index contributed by atoms with van der Waals surface area (Å²) in [6, 6.07) is 7.25. The van der Waals surface area contributed by atoms with Crippen molar-refractivity contribution in [3.8, 4) is 0 Å². The van der Waals surface area contributed by atoms with Gasteiger partial charge in [0.2, 0.25) is 5.82 Å². The first-order valence-electron chi connectivity index (χ1n) is 7.54. The number of aliphatic imine (C=N–C) groups is 1. The van der Waals surface area contributed by atoms with E-state index in [1.165, 1.54) is 42.2 Å². The Morgan fingerprint density at radius 2 is 2.24 bits per heavy atom. The van der Waals surface area contributed by atoms with Crippen LogP contribution in [-0.2, 0) is 5.54 Å². The Kier molecular flexibility index (Phi) is 4.58. The zero-order valence-electron chi connectivity index (χ0n) is 13.4. The fourth-order valence-corrected chi connectivity index (χ4v) is 3.65. The Morgan fingerprint density at radius 3 is 2.96 bits per heavy atom. The standard InChI is InChI=1S/C16H16FN5O2S/c1-16(6-8-25-15(18)21-16)11-9-10(4-5-12(11)17)20-14-13(22(23)24)3-2-7-19-14/h2-5,7,9H,6,8H2,1H3,(H2,18,21)(H,19,20)/t16-/m0/s1. The Hall–Kier alpha value is -2.68. The van der Waals surface area contributed by atoms with Gasteiger partial charge in [-0.3, -0.25) is 15.1 Å². The molecule has 1 aliphatic heterocycles. The lowest BCUT2D eigenvalue weighted by molar-refractivity contribution is -0.384. The van der Waals surface area contributed by atoms with E-state index in [-0.39, 0.29) is 11.5 Å². The summed E-state index contributed by atoms with van der Waals surface area (Å²) in [6.45, 7) is 1.82. The number of aromatic nitrogens is 1. The van der Waals surface area contributed by atoms with Crippen molar-refractivity contribution in [1.82, 2.24) is 4.98 Å². The fraction of sp³-hybridized carbons (Fsp3) is 0.250. The Bertz CT molecular complexity index is 860. The number of halogens is 1. The molecule has 3 N–H and O–H groups in total. The largest absolute Gasteiger partial charge is 0.379 e. The van der Waals surface area contributed by atoms with Gasteiger partial charge in [0.15, 0.2) is 5.17 Å². The molecule has 0 fully saturated rings. The van der Waals surface area contributed by atoms with Crippen molar-refractivity contribution in [2.24, 2.45) is 10.7 Å². The molecule has 0 bridgehead atoms. The zero-order valence-corrected chi connectivity index (χ0v) is 14.2. The van der Waals surface area contributed by atoms with E-state index in [1.807, 2.05) is 6.92 Å². The average molecular weight is 361 g/mol. The lowest BCUT2D eigenvalue weighted by atomic mass is 9.89. The number of thioether (sulfide) groups is 1. The van der Waals surface area contributed by atoms with Crippen molar-refractivity contribution in [2.45, 2.75) is 18.9 Å². The molecule has 0 unspecified atom stereocenters. The summed E-state index contributed by atoms with van der Waals surface area (Å²) >= 11 is 1.44. The normalized spacial score (nSPS) is 20.0. The molecule has 130 valence electrons. The third kappa shape index (κ3) is 3.55. The van der Waals surface area contributed by atoms with Crippen LogP contribution >= 0.6 is 11.8 Å². The maximum atomic E-state index is 14.4. The fourth-order valence-electron chi connectivity index (χ4n) is 2.67. The van der Waals surface area contributed by atoms with Gasteiger partial charge in [-0.25, -0.2) is 9.37 Å². The molecule has 25 heavy (non-hydrogen) atoms. The second-order valence-electron chi connectivity index (χ2n) is 5.77. The van der Waals surface area contributed by atoms with Crippen LogP contribution < -0.4 is 11.1 Å². The number of rotatable bonds is 4. The number of hydrogen-bond acceptors (Lipinski definition) is 7. The van der Waals surface area contributed by atoms with Gasteiger partial charge in [0, 0.05) is 29.3 Å². The molecule has 7 nitrogen and oxygen atoms in total. The quantitative estimate of drug-likeness (QED) is 0.637. The van der Waals surface area contributed by atoms with Gasteiger partial charge in [-0.2, -0.15) is 0 Å². The number of pyridine rings is 1. The van der Waals surface area contributed by atoms with E-state index < -0.39 is 16.3 Å². The summed E-state index contributed by atoms with van der Waals surface area (Å²) in [4.78, 5) is 19.0. The van der Waals surface area contributed by atoms with Crippen LogP contribution in [0, 0.1) is 15.9 Å². The van der Waals surface area contributed by atoms with E-state index in [9.17, 15) is 14.5 Å². The molecular formula is C16H16FN5O2S. The first kappa shape index (κ1) is 17.2. The van der Waals surface area contributed by atoms with Crippen molar-refractivity contribution in [2.75, 3.05) is 11.1 Å². The molecule has 1 aromatic carbocycles. The summed E-state index contributed by atoms with van der Waals surface area (Å²) in [5.74, 6) is 0.443. The summed E-state index contributed by atoms with van der Waals surface area (Å²) in [6.07, 6.45) is 2.09. The first-order chi connectivity index (χ1) is 11.9. The third-order valence-electron chi connectivity index (χ3n) is 3.99. The van der Waals surface area contributed by atoms with Gasteiger partial charge in [-0.05, 0) is 37.6 Å². The predicted octanol–water partition coefficient (Wildman–Crippen LogP) is 3.54. The minimum atomic E-state index is -0.771. The molecule has 1 aromatic heterocycles. The van der Waals surface area contributed by atoms with Crippen LogP contribution in [0.25, 0.3) is 0 Å². The second-order valence-corrected chi connectivity index (χ2v) is 6.89. The van der Waals surface area contributed by atoms with Gasteiger partial charge >= 0.3 is 5.69 Å². The highest BCUT2D eigenvalue weighted by Crippen LogP contribution is 2.38. The molecule has 0 saturated heterocycles. The number of hydrogen-bond donors (Lipinski definition) is 2. The summed E-state index contributed by atoms with van der Waals surface area (Å²) in [5, 5.41) is 14.4. The van der Waals surface area contributed by atoms with Gasteiger partial charge in [-0.15, -0.1) is 0 Å². The summed E-state index contributed by atoms with van der Waals surface area (Å²) < 4.78 is 14.4. The topological polar surface area (TPSA) is 106 Å². The molecule has 9 heteroatoms. The lowest BCUT2D eigenvalue weighted by Gasteiger charge is -2.30. The maximum Gasteiger partial charge on any atom is 0.311 e. The van der Waals surface area contributed by atoms with Crippen LogP contribution in [0.4, 0.5) is 21.6 Å². The highest BCUT2D eigenvalue weighted by Gasteiger charge is 2.32. The molecule has 1 atom stereocenters. The predicted molar refractivity (Wildman–Crippen MR) is 96.6 cm³/mol. The van der Waals surface area contributed by atoms with Crippen molar-refractivity contribution in [1.29, 1.82) is 0 Å². The SMILES string of the molecule is C[C@@]1(c2cc(Nc3ncccc3[N+](=O)[O-])ccc2F)CCSC(N)=N1. The molecular weight excluding hydrogens is 345 g/mol. The second kappa shape index (κ2) is 6.67.